The number of sulfonamides is 1. The SMILES string of the molecule is Cc1ccccc1CNC(=O)C(=O)NCC[C@@H]1CCCCN1S(=O)(=O)c1ccccc1. The fourth-order valence-corrected chi connectivity index (χ4v) is 5.55. The molecular weight excluding hydrogens is 414 g/mol. The zero-order chi connectivity index (χ0) is 22.3. The van der Waals surface area contributed by atoms with Gasteiger partial charge in [0.15, 0.2) is 0 Å². The molecule has 1 aliphatic rings. The summed E-state index contributed by atoms with van der Waals surface area (Å²) in [7, 11) is -3.58. The number of aryl methyl sites for hydroxylation is 1. The minimum absolute atomic E-state index is 0.200. The van der Waals surface area contributed by atoms with Crippen molar-refractivity contribution in [3.05, 3.63) is 65.7 Å². The van der Waals surface area contributed by atoms with Crippen LogP contribution in [0.5, 0.6) is 0 Å². The molecule has 7 nitrogen and oxygen atoms in total. The summed E-state index contributed by atoms with van der Waals surface area (Å²) in [6.07, 6.45) is 2.96. The third kappa shape index (κ3) is 5.92. The smallest absolute Gasteiger partial charge is 0.309 e. The molecule has 1 heterocycles. The van der Waals surface area contributed by atoms with Gasteiger partial charge in [0.1, 0.15) is 0 Å². The summed E-state index contributed by atoms with van der Waals surface area (Å²) < 4.78 is 27.6. The first-order valence-electron chi connectivity index (χ1n) is 10.6. The van der Waals surface area contributed by atoms with Gasteiger partial charge in [0.25, 0.3) is 0 Å². The Labute approximate surface area is 183 Å². The van der Waals surface area contributed by atoms with E-state index < -0.39 is 21.8 Å². The lowest BCUT2D eigenvalue weighted by atomic mass is 10.0. The van der Waals surface area contributed by atoms with Crippen LogP contribution in [-0.4, -0.2) is 43.7 Å². The average Bonchev–Trinajstić information content (AvgIpc) is 2.79. The van der Waals surface area contributed by atoms with Crippen LogP contribution in [0.1, 0.15) is 36.8 Å². The molecule has 1 fully saturated rings. The van der Waals surface area contributed by atoms with E-state index in [4.69, 9.17) is 0 Å². The van der Waals surface area contributed by atoms with Crippen LogP contribution < -0.4 is 10.6 Å². The minimum atomic E-state index is -3.58. The standard InChI is InChI=1S/C23H29N3O4S/c1-18-9-5-6-10-19(18)17-25-23(28)22(27)24-15-14-20-11-7-8-16-26(20)31(29,30)21-12-3-2-4-13-21/h2-6,9-10,12-13,20H,7-8,11,14-17H2,1H3,(H,24,27)(H,25,28)/t20-/m0/s1. The highest BCUT2D eigenvalue weighted by Gasteiger charge is 2.33. The van der Waals surface area contributed by atoms with Crippen LogP contribution in [0.2, 0.25) is 0 Å². The van der Waals surface area contributed by atoms with E-state index in [2.05, 4.69) is 10.6 Å². The van der Waals surface area contributed by atoms with E-state index in [0.29, 0.717) is 13.0 Å². The molecule has 2 N–H and O–H groups in total. The van der Waals surface area contributed by atoms with E-state index >= 15 is 0 Å². The maximum absolute atomic E-state index is 13.0. The molecule has 0 aromatic heterocycles. The van der Waals surface area contributed by atoms with Gasteiger partial charge in [0, 0.05) is 25.7 Å². The predicted octanol–water partition coefficient (Wildman–Crippen LogP) is 2.36. The van der Waals surface area contributed by atoms with Gasteiger partial charge in [0.05, 0.1) is 4.90 Å². The Bertz CT molecular complexity index is 1010. The van der Waals surface area contributed by atoms with Gasteiger partial charge >= 0.3 is 11.8 Å². The molecule has 0 saturated carbocycles. The minimum Gasteiger partial charge on any atom is -0.348 e. The lowest BCUT2D eigenvalue weighted by molar-refractivity contribution is -0.139. The topological polar surface area (TPSA) is 95.6 Å². The van der Waals surface area contributed by atoms with Gasteiger partial charge < -0.3 is 10.6 Å². The molecule has 166 valence electrons. The number of nitrogens with zero attached hydrogens (tertiary/aromatic N) is 1. The van der Waals surface area contributed by atoms with Crippen molar-refractivity contribution in [1.29, 1.82) is 0 Å². The third-order valence-electron chi connectivity index (χ3n) is 5.59. The summed E-state index contributed by atoms with van der Waals surface area (Å²) in [4.78, 5) is 24.5. The molecular formula is C23H29N3O4S. The molecule has 0 unspecified atom stereocenters. The van der Waals surface area contributed by atoms with E-state index in [1.54, 1.807) is 30.3 Å². The van der Waals surface area contributed by atoms with Crippen LogP contribution in [-0.2, 0) is 26.2 Å². The molecule has 31 heavy (non-hydrogen) atoms. The zero-order valence-electron chi connectivity index (χ0n) is 17.7. The fourth-order valence-electron chi connectivity index (χ4n) is 3.80. The summed E-state index contributed by atoms with van der Waals surface area (Å²) in [5, 5.41) is 5.25. The molecule has 2 aromatic rings. The molecule has 3 rings (SSSR count). The summed E-state index contributed by atoms with van der Waals surface area (Å²) in [6, 6.07) is 15.8. The quantitative estimate of drug-likeness (QED) is 0.642. The van der Waals surface area contributed by atoms with Gasteiger partial charge in [-0.3, -0.25) is 9.59 Å². The number of piperidine rings is 1. The summed E-state index contributed by atoms with van der Waals surface area (Å²) in [5.41, 5.74) is 1.99. The first kappa shape index (κ1) is 23.0. The number of hydrogen-bond donors (Lipinski definition) is 2. The Balaban J connectivity index is 1.51. The van der Waals surface area contributed by atoms with E-state index in [1.807, 2.05) is 31.2 Å². The van der Waals surface area contributed by atoms with E-state index in [9.17, 15) is 18.0 Å². The number of carbonyl (C=O) groups is 2. The number of nitrogens with one attached hydrogen (secondary N) is 2. The molecule has 2 amide bonds. The first-order chi connectivity index (χ1) is 14.9. The molecule has 8 heteroatoms. The van der Waals surface area contributed by atoms with Crippen LogP contribution in [0.25, 0.3) is 0 Å². The number of benzene rings is 2. The number of amides is 2. The Morgan fingerprint density at radius 1 is 0.968 bits per heavy atom. The largest absolute Gasteiger partial charge is 0.348 e. The Hall–Kier alpha value is -2.71. The van der Waals surface area contributed by atoms with E-state index in [-0.39, 0.29) is 24.0 Å². The molecule has 1 atom stereocenters. The van der Waals surface area contributed by atoms with E-state index in [1.165, 1.54) is 4.31 Å². The summed E-state index contributed by atoms with van der Waals surface area (Å²) in [5.74, 6) is -1.40. The van der Waals surface area contributed by atoms with Crippen LogP contribution in [0, 0.1) is 6.92 Å². The zero-order valence-corrected chi connectivity index (χ0v) is 18.5. The van der Waals surface area contributed by atoms with Gasteiger partial charge in [0.2, 0.25) is 10.0 Å². The molecule has 0 bridgehead atoms. The highest BCUT2D eigenvalue weighted by atomic mass is 32.2. The van der Waals surface area contributed by atoms with E-state index in [0.717, 1.165) is 30.4 Å². The highest BCUT2D eigenvalue weighted by molar-refractivity contribution is 7.89. The highest BCUT2D eigenvalue weighted by Crippen LogP contribution is 2.26. The molecule has 0 radical (unpaired) electrons. The van der Waals surface area contributed by atoms with Crippen LogP contribution in [0.4, 0.5) is 0 Å². The van der Waals surface area contributed by atoms with Crippen LogP contribution in [0.3, 0.4) is 0 Å². The Kier molecular flexibility index (Phi) is 7.81. The normalized spacial score (nSPS) is 17.1. The van der Waals surface area contributed by atoms with Gasteiger partial charge in [-0.25, -0.2) is 8.42 Å². The predicted molar refractivity (Wildman–Crippen MR) is 119 cm³/mol. The maximum atomic E-state index is 13.0. The van der Waals surface area contributed by atoms with Crippen LogP contribution in [0.15, 0.2) is 59.5 Å². The lowest BCUT2D eigenvalue weighted by Crippen LogP contribution is -2.46. The van der Waals surface area contributed by atoms with Gasteiger partial charge in [-0.15, -0.1) is 0 Å². The lowest BCUT2D eigenvalue weighted by Gasteiger charge is -2.34. The average molecular weight is 444 g/mol. The fraction of sp³-hybridized carbons (Fsp3) is 0.391. The molecule has 0 aliphatic carbocycles. The van der Waals surface area contributed by atoms with Gasteiger partial charge in [-0.05, 0) is 49.4 Å². The van der Waals surface area contributed by atoms with Gasteiger partial charge in [-0.2, -0.15) is 4.31 Å². The van der Waals surface area contributed by atoms with Crippen LogP contribution >= 0.6 is 0 Å². The van der Waals surface area contributed by atoms with Crippen molar-refractivity contribution in [2.45, 2.75) is 50.1 Å². The van der Waals surface area contributed by atoms with Gasteiger partial charge in [-0.1, -0.05) is 48.9 Å². The second-order valence-electron chi connectivity index (χ2n) is 7.73. The van der Waals surface area contributed by atoms with Crippen molar-refractivity contribution in [2.75, 3.05) is 13.1 Å². The number of hydrogen-bond acceptors (Lipinski definition) is 4. The monoisotopic (exact) mass is 443 g/mol. The molecule has 0 spiro atoms. The number of carbonyl (C=O) groups excluding carboxylic acids is 2. The van der Waals surface area contributed by atoms with Crippen molar-refractivity contribution < 1.29 is 18.0 Å². The number of rotatable bonds is 7. The van der Waals surface area contributed by atoms with Crippen molar-refractivity contribution in [1.82, 2.24) is 14.9 Å². The Morgan fingerprint density at radius 3 is 2.39 bits per heavy atom. The van der Waals surface area contributed by atoms with Crippen molar-refractivity contribution in [3.8, 4) is 0 Å². The summed E-state index contributed by atoms with van der Waals surface area (Å²) in [6.45, 7) is 2.93. The van der Waals surface area contributed by atoms with Crippen molar-refractivity contribution >= 4 is 21.8 Å². The Morgan fingerprint density at radius 2 is 1.65 bits per heavy atom. The molecule has 2 aromatic carbocycles. The maximum Gasteiger partial charge on any atom is 0.309 e. The third-order valence-corrected chi connectivity index (χ3v) is 7.56. The first-order valence-corrected chi connectivity index (χ1v) is 12.0. The second kappa shape index (κ2) is 10.5. The van der Waals surface area contributed by atoms with Crippen molar-refractivity contribution in [2.24, 2.45) is 0 Å². The molecule has 1 aliphatic heterocycles. The second-order valence-corrected chi connectivity index (χ2v) is 9.62. The summed E-state index contributed by atoms with van der Waals surface area (Å²) >= 11 is 0. The van der Waals surface area contributed by atoms with Crippen molar-refractivity contribution in [3.63, 3.8) is 0 Å². The molecule has 1 saturated heterocycles.